The molecule has 0 bridgehead atoms. The van der Waals surface area contributed by atoms with E-state index in [1.165, 1.54) is 14.2 Å². The molecule has 0 radical (unpaired) electrons. The predicted molar refractivity (Wildman–Crippen MR) is 102 cm³/mol. The third-order valence-electron chi connectivity index (χ3n) is 3.83. The molecule has 2 aromatic carbocycles. The summed E-state index contributed by atoms with van der Waals surface area (Å²) < 4.78 is 35.1. The van der Waals surface area contributed by atoms with E-state index in [0.29, 0.717) is 22.9 Å². The van der Waals surface area contributed by atoms with Gasteiger partial charge >= 0.3 is 0 Å². The van der Waals surface area contributed by atoms with Gasteiger partial charge in [0.1, 0.15) is 0 Å². The Hall–Kier alpha value is -2.74. The number of hydrogen-bond acceptors (Lipinski definition) is 5. The molecule has 0 atom stereocenters. The Balaban J connectivity index is 2.19. The van der Waals surface area contributed by atoms with Crippen LogP contribution in [0.1, 0.15) is 5.56 Å². The van der Waals surface area contributed by atoms with Crippen LogP contribution < -0.4 is 19.1 Å². The van der Waals surface area contributed by atoms with Crippen molar-refractivity contribution >= 4 is 27.3 Å². The van der Waals surface area contributed by atoms with Crippen LogP contribution in [0.25, 0.3) is 0 Å². The van der Waals surface area contributed by atoms with Gasteiger partial charge in [-0.1, -0.05) is 18.2 Å². The molecule has 2 rings (SSSR count). The molecule has 26 heavy (non-hydrogen) atoms. The fourth-order valence-electron chi connectivity index (χ4n) is 2.40. The molecule has 0 saturated carbocycles. The number of carbonyl (C=O) groups excluding carboxylic acids is 1. The van der Waals surface area contributed by atoms with Crippen molar-refractivity contribution in [2.45, 2.75) is 6.42 Å². The number of ether oxygens (including phenoxy) is 2. The fraction of sp³-hybridized carbons (Fsp3) is 0.278. The molecule has 0 unspecified atom stereocenters. The lowest BCUT2D eigenvalue weighted by molar-refractivity contribution is -0.115. The van der Waals surface area contributed by atoms with Gasteiger partial charge in [0.2, 0.25) is 15.9 Å². The van der Waals surface area contributed by atoms with E-state index >= 15 is 0 Å². The maximum atomic E-state index is 12.4. The molecular formula is C18H22N2O5S. The van der Waals surface area contributed by atoms with Crippen molar-refractivity contribution in [2.75, 3.05) is 37.1 Å². The summed E-state index contributed by atoms with van der Waals surface area (Å²) in [5.41, 5.74) is 1.57. The Kier molecular flexibility index (Phi) is 6.10. The zero-order valence-electron chi connectivity index (χ0n) is 15.1. The lowest BCUT2D eigenvalue weighted by Crippen LogP contribution is -2.26. The van der Waals surface area contributed by atoms with Crippen molar-refractivity contribution in [1.29, 1.82) is 0 Å². The number of rotatable bonds is 7. The molecule has 0 saturated heterocycles. The van der Waals surface area contributed by atoms with Gasteiger partial charge in [0.15, 0.2) is 11.5 Å². The average Bonchev–Trinajstić information content (AvgIpc) is 2.60. The smallest absolute Gasteiger partial charge is 0.232 e. The number of amides is 1. The molecule has 1 amide bonds. The lowest BCUT2D eigenvalue weighted by Gasteiger charge is -2.20. The first-order chi connectivity index (χ1) is 12.3. The minimum Gasteiger partial charge on any atom is -0.493 e. The van der Waals surface area contributed by atoms with Crippen LogP contribution in [0, 0.1) is 0 Å². The number of para-hydroxylation sites is 2. The quantitative estimate of drug-likeness (QED) is 0.799. The van der Waals surface area contributed by atoms with Crippen molar-refractivity contribution in [3.8, 4) is 11.5 Å². The topological polar surface area (TPSA) is 84.9 Å². The highest BCUT2D eigenvalue weighted by atomic mass is 32.2. The molecule has 8 heteroatoms. The number of carbonyl (C=O) groups is 1. The number of nitrogens with zero attached hydrogens (tertiary/aromatic N) is 1. The normalized spacial score (nSPS) is 10.9. The van der Waals surface area contributed by atoms with Crippen molar-refractivity contribution in [3.05, 3.63) is 48.0 Å². The van der Waals surface area contributed by atoms with Crippen molar-refractivity contribution < 1.29 is 22.7 Å². The van der Waals surface area contributed by atoms with Crippen molar-refractivity contribution in [3.63, 3.8) is 0 Å². The van der Waals surface area contributed by atoms with Crippen LogP contribution >= 0.6 is 0 Å². The van der Waals surface area contributed by atoms with Crippen molar-refractivity contribution in [2.24, 2.45) is 0 Å². The Bertz CT molecular complexity index is 896. The van der Waals surface area contributed by atoms with E-state index in [9.17, 15) is 13.2 Å². The first-order valence-electron chi connectivity index (χ1n) is 7.80. The van der Waals surface area contributed by atoms with Crippen LogP contribution in [0.15, 0.2) is 42.5 Å². The van der Waals surface area contributed by atoms with Gasteiger partial charge in [-0.25, -0.2) is 8.42 Å². The molecule has 0 aliphatic heterocycles. The van der Waals surface area contributed by atoms with Crippen LogP contribution in [0.2, 0.25) is 0 Å². The van der Waals surface area contributed by atoms with Gasteiger partial charge in [-0.15, -0.1) is 0 Å². The molecule has 0 heterocycles. The maximum absolute atomic E-state index is 12.4. The highest BCUT2D eigenvalue weighted by Crippen LogP contribution is 2.29. The Morgan fingerprint density at radius 2 is 1.73 bits per heavy atom. The van der Waals surface area contributed by atoms with Gasteiger partial charge in [0.25, 0.3) is 0 Å². The fourth-order valence-corrected chi connectivity index (χ4v) is 2.92. The number of sulfonamides is 1. The number of methoxy groups -OCH3 is 2. The number of hydrogen-bond donors (Lipinski definition) is 1. The molecule has 0 spiro atoms. The third-order valence-corrected chi connectivity index (χ3v) is 5.02. The second-order valence-corrected chi connectivity index (χ2v) is 7.68. The molecule has 7 nitrogen and oxygen atoms in total. The summed E-state index contributed by atoms with van der Waals surface area (Å²) in [6.45, 7) is 0. The van der Waals surface area contributed by atoms with E-state index in [-0.39, 0.29) is 12.3 Å². The summed E-state index contributed by atoms with van der Waals surface area (Å²) in [4.78, 5) is 12.4. The second kappa shape index (κ2) is 8.09. The molecule has 1 N–H and O–H groups in total. The van der Waals surface area contributed by atoms with Crippen LogP contribution in [-0.2, 0) is 21.2 Å². The van der Waals surface area contributed by atoms with E-state index in [1.807, 2.05) is 0 Å². The summed E-state index contributed by atoms with van der Waals surface area (Å²) in [5, 5.41) is 2.76. The van der Waals surface area contributed by atoms with E-state index in [0.717, 1.165) is 16.1 Å². The molecule has 0 aliphatic rings. The van der Waals surface area contributed by atoms with E-state index < -0.39 is 10.0 Å². The highest BCUT2D eigenvalue weighted by Gasteiger charge is 2.17. The van der Waals surface area contributed by atoms with E-state index in [2.05, 4.69) is 5.32 Å². The van der Waals surface area contributed by atoms with E-state index in [1.54, 1.807) is 49.6 Å². The van der Waals surface area contributed by atoms with Gasteiger partial charge in [0, 0.05) is 7.05 Å². The minimum atomic E-state index is -3.44. The van der Waals surface area contributed by atoms with Gasteiger partial charge in [0.05, 0.1) is 38.3 Å². The molecule has 0 aromatic heterocycles. The first kappa shape index (κ1) is 19.6. The SMILES string of the molecule is COc1ccc(CC(=O)Nc2ccccc2N(C)S(C)(=O)=O)cc1OC. The van der Waals surface area contributed by atoms with Gasteiger partial charge in [-0.2, -0.15) is 0 Å². The standard InChI is InChI=1S/C18H22N2O5S/c1-20(26(4,22)23)15-8-6-5-7-14(15)19-18(21)12-13-9-10-16(24-2)17(11-13)25-3/h5-11H,12H2,1-4H3,(H,19,21). The largest absolute Gasteiger partial charge is 0.493 e. The van der Waals surface area contributed by atoms with Gasteiger partial charge < -0.3 is 14.8 Å². The summed E-state index contributed by atoms with van der Waals surface area (Å²) in [7, 11) is 1.07. The molecule has 0 aliphatic carbocycles. The van der Waals surface area contributed by atoms with E-state index in [4.69, 9.17) is 9.47 Å². The first-order valence-corrected chi connectivity index (χ1v) is 9.64. The molecule has 0 fully saturated rings. The van der Waals surface area contributed by atoms with Crippen LogP contribution in [0.5, 0.6) is 11.5 Å². The Morgan fingerprint density at radius 1 is 1.08 bits per heavy atom. The zero-order valence-corrected chi connectivity index (χ0v) is 16.0. The Labute approximate surface area is 153 Å². The van der Waals surface area contributed by atoms with Gasteiger partial charge in [-0.3, -0.25) is 9.10 Å². The third kappa shape index (κ3) is 4.66. The Morgan fingerprint density at radius 3 is 2.35 bits per heavy atom. The summed E-state index contributed by atoms with van der Waals surface area (Å²) >= 11 is 0. The van der Waals surface area contributed by atoms with Crippen LogP contribution in [0.3, 0.4) is 0 Å². The number of nitrogens with one attached hydrogen (secondary N) is 1. The predicted octanol–water partition coefficient (Wildman–Crippen LogP) is 2.28. The lowest BCUT2D eigenvalue weighted by atomic mass is 10.1. The molecular weight excluding hydrogens is 356 g/mol. The molecule has 140 valence electrons. The van der Waals surface area contributed by atoms with Crippen molar-refractivity contribution in [1.82, 2.24) is 0 Å². The minimum absolute atomic E-state index is 0.108. The monoisotopic (exact) mass is 378 g/mol. The zero-order chi connectivity index (χ0) is 19.3. The average molecular weight is 378 g/mol. The highest BCUT2D eigenvalue weighted by molar-refractivity contribution is 7.92. The second-order valence-electron chi connectivity index (χ2n) is 5.66. The summed E-state index contributed by atoms with van der Waals surface area (Å²) in [5.74, 6) is 0.846. The number of anilines is 2. The van der Waals surface area contributed by atoms with Gasteiger partial charge in [-0.05, 0) is 29.8 Å². The summed E-state index contributed by atoms with van der Waals surface area (Å²) in [6.07, 6.45) is 1.21. The molecule has 2 aromatic rings. The van der Waals surface area contributed by atoms with Crippen LogP contribution in [-0.4, -0.2) is 41.8 Å². The maximum Gasteiger partial charge on any atom is 0.232 e. The van der Waals surface area contributed by atoms with Crippen LogP contribution in [0.4, 0.5) is 11.4 Å². The summed E-state index contributed by atoms with van der Waals surface area (Å²) in [6, 6.07) is 12.0. The number of benzene rings is 2.